The van der Waals surface area contributed by atoms with Crippen LogP contribution in [0.25, 0.3) is 0 Å². The van der Waals surface area contributed by atoms with Gasteiger partial charge in [-0.1, -0.05) is 6.07 Å². The van der Waals surface area contributed by atoms with Crippen molar-refractivity contribution in [2.75, 3.05) is 14.2 Å². The zero-order valence-electron chi connectivity index (χ0n) is 13.2. The van der Waals surface area contributed by atoms with Crippen molar-refractivity contribution in [2.45, 2.75) is 26.2 Å². The van der Waals surface area contributed by atoms with Gasteiger partial charge in [-0.3, -0.25) is 0 Å². The molecule has 0 aromatic heterocycles. The van der Waals surface area contributed by atoms with E-state index < -0.39 is 0 Å². The molecule has 22 heavy (non-hydrogen) atoms. The molecule has 0 spiro atoms. The van der Waals surface area contributed by atoms with Gasteiger partial charge in [0.05, 0.1) is 14.2 Å². The van der Waals surface area contributed by atoms with Crippen LogP contribution in [-0.2, 0) is 12.8 Å². The fourth-order valence-corrected chi connectivity index (χ4v) is 2.58. The van der Waals surface area contributed by atoms with Crippen LogP contribution < -0.4 is 9.47 Å². The number of hydrogen-bond acceptors (Lipinski definition) is 4. The van der Waals surface area contributed by atoms with E-state index in [1.54, 1.807) is 32.4 Å². The van der Waals surface area contributed by atoms with Gasteiger partial charge < -0.3 is 19.7 Å². The first-order valence-electron chi connectivity index (χ1n) is 7.28. The highest BCUT2D eigenvalue weighted by Crippen LogP contribution is 2.32. The molecule has 0 aliphatic carbocycles. The zero-order valence-corrected chi connectivity index (χ0v) is 13.2. The number of hydrogen-bond donors (Lipinski definition) is 2. The molecule has 2 aromatic carbocycles. The van der Waals surface area contributed by atoms with Gasteiger partial charge in [-0.15, -0.1) is 0 Å². The van der Waals surface area contributed by atoms with E-state index in [9.17, 15) is 10.2 Å². The van der Waals surface area contributed by atoms with Gasteiger partial charge in [0.15, 0.2) is 0 Å². The first kappa shape index (κ1) is 16.0. The van der Waals surface area contributed by atoms with E-state index in [4.69, 9.17) is 9.47 Å². The lowest BCUT2D eigenvalue weighted by Gasteiger charge is -2.13. The summed E-state index contributed by atoms with van der Waals surface area (Å²) < 4.78 is 10.6. The SMILES string of the molecule is COc1ccc(O)c(CCCc2ccc(O)c(C)c2OC)c1. The van der Waals surface area contributed by atoms with E-state index in [1.165, 1.54) is 0 Å². The average Bonchev–Trinajstić information content (AvgIpc) is 2.52. The Kier molecular flexibility index (Phi) is 5.15. The van der Waals surface area contributed by atoms with Crippen molar-refractivity contribution in [3.8, 4) is 23.0 Å². The molecule has 0 saturated heterocycles. The molecule has 0 bridgehead atoms. The lowest BCUT2D eigenvalue weighted by Crippen LogP contribution is -1.97. The molecular weight excluding hydrogens is 280 g/mol. The second-order valence-electron chi connectivity index (χ2n) is 5.25. The van der Waals surface area contributed by atoms with E-state index in [0.717, 1.165) is 47.5 Å². The Labute approximate surface area is 130 Å². The lowest BCUT2D eigenvalue weighted by atomic mass is 10.0. The Hall–Kier alpha value is -2.36. The van der Waals surface area contributed by atoms with E-state index in [0.29, 0.717) is 0 Å². The molecule has 0 saturated carbocycles. The molecule has 4 nitrogen and oxygen atoms in total. The summed E-state index contributed by atoms with van der Waals surface area (Å²) >= 11 is 0. The minimum atomic E-state index is 0.242. The van der Waals surface area contributed by atoms with Crippen LogP contribution in [0.15, 0.2) is 30.3 Å². The van der Waals surface area contributed by atoms with Gasteiger partial charge in [0.25, 0.3) is 0 Å². The first-order valence-corrected chi connectivity index (χ1v) is 7.28. The van der Waals surface area contributed by atoms with Gasteiger partial charge >= 0.3 is 0 Å². The maximum absolute atomic E-state index is 9.90. The highest BCUT2D eigenvalue weighted by Gasteiger charge is 2.10. The number of rotatable bonds is 6. The molecule has 118 valence electrons. The maximum atomic E-state index is 9.90. The molecule has 0 aliphatic rings. The fraction of sp³-hybridized carbons (Fsp3) is 0.333. The van der Waals surface area contributed by atoms with Crippen LogP contribution in [0.2, 0.25) is 0 Å². The minimum Gasteiger partial charge on any atom is -0.508 e. The van der Waals surface area contributed by atoms with Gasteiger partial charge in [-0.2, -0.15) is 0 Å². The van der Waals surface area contributed by atoms with E-state index in [1.807, 2.05) is 19.1 Å². The monoisotopic (exact) mass is 302 g/mol. The number of methoxy groups -OCH3 is 2. The van der Waals surface area contributed by atoms with E-state index >= 15 is 0 Å². The highest BCUT2D eigenvalue weighted by atomic mass is 16.5. The van der Waals surface area contributed by atoms with Gasteiger partial charge in [0, 0.05) is 5.56 Å². The molecule has 0 atom stereocenters. The third-order valence-corrected chi connectivity index (χ3v) is 3.84. The average molecular weight is 302 g/mol. The Morgan fingerprint density at radius 3 is 2.23 bits per heavy atom. The van der Waals surface area contributed by atoms with Crippen molar-refractivity contribution >= 4 is 0 Å². The zero-order chi connectivity index (χ0) is 16.1. The van der Waals surface area contributed by atoms with Crippen LogP contribution in [0.5, 0.6) is 23.0 Å². The number of aryl methyl sites for hydroxylation is 2. The normalized spacial score (nSPS) is 10.5. The third-order valence-electron chi connectivity index (χ3n) is 3.84. The van der Waals surface area contributed by atoms with E-state index in [-0.39, 0.29) is 11.5 Å². The first-order chi connectivity index (χ1) is 10.6. The van der Waals surface area contributed by atoms with Crippen molar-refractivity contribution in [1.29, 1.82) is 0 Å². The van der Waals surface area contributed by atoms with Crippen molar-refractivity contribution in [3.05, 3.63) is 47.0 Å². The summed E-state index contributed by atoms with van der Waals surface area (Å²) in [6, 6.07) is 8.82. The van der Waals surface area contributed by atoms with Crippen LogP contribution in [0.3, 0.4) is 0 Å². The Balaban J connectivity index is 2.07. The molecule has 2 N–H and O–H groups in total. The van der Waals surface area contributed by atoms with Gasteiger partial charge in [0.1, 0.15) is 23.0 Å². The Bertz CT molecular complexity index is 650. The summed E-state index contributed by atoms with van der Waals surface area (Å²) in [5, 5.41) is 19.6. The Morgan fingerprint density at radius 1 is 0.864 bits per heavy atom. The largest absolute Gasteiger partial charge is 0.508 e. The fourth-order valence-electron chi connectivity index (χ4n) is 2.58. The molecule has 0 amide bonds. The molecule has 2 aromatic rings. The van der Waals surface area contributed by atoms with Crippen LogP contribution in [0, 0.1) is 6.92 Å². The number of phenolic OH excluding ortho intramolecular Hbond substituents is 2. The van der Waals surface area contributed by atoms with Crippen molar-refractivity contribution in [3.63, 3.8) is 0 Å². The van der Waals surface area contributed by atoms with Crippen molar-refractivity contribution in [2.24, 2.45) is 0 Å². The summed E-state index contributed by atoms with van der Waals surface area (Å²) in [4.78, 5) is 0. The van der Waals surface area contributed by atoms with Gasteiger partial charge in [-0.25, -0.2) is 0 Å². The van der Waals surface area contributed by atoms with Gasteiger partial charge in [0.2, 0.25) is 0 Å². The molecule has 0 radical (unpaired) electrons. The van der Waals surface area contributed by atoms with Crippen LogP contribution in [0.4, 0.5) is 0 Å². The number of benzene rings is 2. The van der Waals surface area contributed by atoms with Crippen LogP contribution in [0.1, 0.15) is 23.1 Å². The summed E-state index contributed by atoms with van der Waals surface area (Å²) in [5.74, 6) is 2.00. The summed E-state index contributed by atoms with van der Waals surface area (Å²) in [7, 11) is 3.22. The maximum Gasteiger partial charge on any atom is 0.128 e. The molecule has 0 fully saturated rings. The summed E-state index contributed by atoms with van der Waals surface area (Å²) in [5.41, 5.74) is 2.68. The number of phenols is 2. The highest BCUT2D eigenvalue weighted by molar-refractivity contribution is 5.48. The third kappa shape index (κ3) is 3.45. The minimum absolute atomic E-state index is 0.242. The number of ether oxygens (including phenoxy) is 2. The molecule has 0 aliphatic heterocycles. The standard InChI is InChI=1S/C18H22O4/c1-12-16(19)9-7-13(18(12)22-3)5-4-6-14-11-15(21-2)8-10-17(14)20/h7-11,19-20H,4-6H2,1-3H3. The van der Waals surface area contributed by atoms with Crippen LogP contribution in [-0.4, -0.2) is 24.4 Å². The predicted molar refractivity (Wildman–Crippen MR) is 86.1 cm³/mol. The quantitative estimate of drug-likeness (QED) is 0.856. The number of aromatic hydroxyl groups is 2. The van der Waals surface area contributed by atoms with Gasteiger partial charge in [-0.05, 0) is 61.6 Å². The second-order valence-corrected chi connectivity index (χ2v) is 5.25. The molecule has 2 rings (SSSR count). The topological polar surface area (TPSA) is 58.9 Å². The predicted octanol–water partition coefficient (Wildman–Crippen LogP) is 3.60. The summed E-state index contributed by atoms with van der Waals surface area (Å²) in [6.07, 6.45) is 2.41. The van der Waals surface area contributed by atoms with Crippen molar-refractivity contribution < 1.29 is 19.7 Å². The van der Waals surface area contributed by atoms with E-state index in [2.05, 4.69) is 0 Å². The molecular formula is C18H22O4. The lowest BCUT2D eigenvalue weighted by molar-refractivity contribution is 0.397. The Morgan fingerprint density at radius 2 is 1.55 bits per heavy atom. The molecule has 4 heteroatoms. The second kappa shape index (κ2) is 7.07. The van der Waals surface area contributed by atoms with Crippen molar-refractivity contribution in [1.82, 2.24) is 0 Å². The summed E-state index contributed by atoms with van der Waals surface area (Å²) in [6.45, 7) is 1.84. The smallest absolute Gasteiger partial charge is 0.128 e. The van der Waals surface area contributed by atoms with Crippen LogP contribution >= 0.6 is 0 Å². The molecule has 0 unspecified atom stereocenters. The molecule has 0 heterocycles.